The summed E-state index contributed by atoms with van der Waals surface area (Å²) < 4.78 is 5.40. The molecule has 3 nitrogen and oxygen atoms in total. The van der Waals surface area contributed by atoms with Gasteiger partial charge in [0.15, 0.2) is 0 Å². The van der Waals surface area contributed by atoms with Crippen LogP contribution in [0.15, 0.2) is 0 Å². The van der Waals surface area contributed by atoms with Crippen molar-refractivity contribution in [3.63, 3.8) is 0 Å². The highest BCUT2D eigenvalue weighted by Gasteiger charge is 2.30. The van der Waals surface area contributed by atoms with Gasteiger partial charge in [-0.15, -0.1) is 11.3 Å². The molecule has 88 valence electrons. The summed E-state index contributed by atoms with van der Waals surface area (Å²) >= 11 is 1.84. The third-order valence-electron chi connectivity index (χ3n) is 3.46. The molecule has 1 saturated carbocycles. The van der Waals surface area contributed by atoms with Gasteiger partial charge in [-0.25, -0.2) is 4.98 Å². The Labute approximate surface area is 100 Å². The fraction of sp³-hybridized carbons (Fsp3) is 0.750. The number of nitrogens with two attached hydrogens (primary N) is 1. The number of thiazole rings is 1. The van der Waals surface area contributed by atoms with Crippen LogP contribution in [0.25, 0.3) is 0 Å². The summed E-state index contributed by atoms with van der Waals surface area (Å²) in [6, 6.07) is 0. The quantitative estimate of drug-likeness (QED) is 0.879. The van der Waals surface area contributed by atoms with Crippen molar-refractivity contribution >= 4 is 11.3 Å². The maximum absolute atomic E-state index is 5.80. The number of nitrogens with zero attached hydrogens (tertiary/aromatic N) is 1. The Bertz CT molecular complexity index is 367. The zero-order valence-corrected chi connectivity index (χ0v) is 10.3. The highest BCUT2D eigenvalue weighted by atomic mass is 32.1. The highest BCUT2D eigenvalue weighted by molar-refractivity contribution is 7.11. The molecule has 0 atom stereocenters. The Kier molecular flexibility index (Phi) is 2.96. The monoisotopic (exact) mass is 238 g/mol. The van der Waals surface area contributed by atoms with Crippen molar-refractivity contribution in [2.24, 2.45) is 5.73 Å². The Morgan fingerprint density at radius 1 is 1.19 bits per heavy atom. The maximum Gasteiger partial charge on any atom is 0.0964 e. The second-order valence-electron chi connectivity index (χ2n) is 4.73. The standard InChI is InChI=1S/C12H18N2OS/c13-7-10-11(8-1-2-8)14-12(16-10)9-3-5-15-6-4-9/h8-9H,1-7,13H2. The molecule has 1 aliphatic carbocycles. The Morgan fingerprint density at radius 2 is 1.94 bits per heavy atom. The van der Waals surface area contributed by atoms with E-state index in [1.54, 1.807) is 0 Å². The van der Waals surface area contributed by atoms with Crippen LogP contribution in [0.3, 0.4) is 0 Å². The van der Waals surface area contributed by atoms with Crippen LogP contribution in [-0.4, -0.2) is 18.2 Å². The fourth-order valence-electron chi connectivity index (χ4n) is 2.32. The van der Waals surface area contributed by atoms with Gasteiger partial charge in [0.1, 0.15) is 0 Å². The van der Waals surface area contributed by atoms with Gasteiger partial charge in [-0.1, -0.05) is 0 Å². The molecule has 16 heavy (non-hydrogen) atoms. The normalized spacial score (nSPS) is 22.6. The maximum atomic E-state index is 5.80. The highest BCUT2D eigenvalue weighted by Crippen LogP contribution is 2.44. The van der Waals surface area contributed by atoms with Gasteiger partial charge in [-0.3, -0.25) is 0 Å². The van der Waals surface area contributed by atoms with Crippen molar-refractivity contribution in [1.29, 1.82) is 0 Å². The first-order chi connectivity index (χ1) is 7.88. The van der Waals surface area contributed by atoms with Gasteiger partial charge in [0, 0.05) is 36.5 Å². The summed E-state index contributed by atoms with van der Waals surface area (Å²) in [6.07, 6.45) is 4.87. The minimum absolute atomic E-state index is 0.622. The van der Waals surface area contributed by atoms with E-state index in [0.717, 1.165) is 32.0 Å². The minimum atomic E-state index is 0.622. The van der Waals surface area contributed by atoms with Crippen LogP contribution < -0.4 is 5.73 Å². The zero-order valence-electron chi connectivity index (χ0n) is 9.45. The van der Waals surface area contributed by atoms with E-state index in [1.165, 1.54) is 28.4 Å². The molecule has 1 saturated heterocycles. The van der Waals surface area contributed by atoms with Crippen molar-refractivity contribution in [3.05, 3.63) is 15.6 Å². The van der Waals surface area contributed by atoms with E-state index in [1.807, 2.05) is 11.3 Å². The number of ether oxygens (including phenoxy) is 1. The first-order valence-corrected chi connectivity index (χ1v) is 6.97. The van der Waals surface area contributed by atoms with E-state index in [-0.39, 0.29) is 0 Å². The van der Waals surface area contributed by atoms with Gasteiger partial charge in [0.25, 0.3) is 0 Å². The molecule has 2 heterocycles. The summed E-state index contributed by atoms with van der Waals surface area (Å²) in [5.41, 5.74) is 7.12. The van der Waals surface area contributed by atoms with Gasteiger partial charge in [0.05, 0.1) is 10.7 Å². The van der Waals surface area contributed by atoms with Crippen molar-refractivity contribution in [2.45, 2.75) is 44.1 Å². The van der Waals surface area contributed by atoms with Crippen molar-refractivity contribution in [2.75, 3.05) is 13.2 Å². The number of hydrogen-bond acceptors (Lipinski definition) is 4. The molecule has 0 unspecified atom stereocenters. The first-order valence-electron chi connectivity index (χ1n) is 6.15. The predicted octanol–water partition coefficient (Wildman–Crippen LogP) is 2.37. The van der Waals surface area contributed by atoms with Gasteiger partial charge < -0.3 is 10.5 Å². The second-order valence-corrected chi connectivity index (χ2v) is 5.84. The molecular formula is C12H18N2OS. The van der Waals surface area contributed by atoms with Crippen LogP contribution in [0.1, 0.15) is 53.1 Å². The van der Waals surface area contributed by atoms with Crippen molar-refractivity contribution in [1.82, 2.24) is 4.98 Å². The summed E-state index contributed by atoms with van der Waals surface area (Å²) in [6.45, 7) is 2.44. The Morgan fingerprint density at radius 3 is 2.56 bits per heavy atom. The van der Waals surface area contributed by atoms with Crippen LogP contribution >= 0.6 is 11.3 Å². The molecule has 0 bridgehead atoms. The van der Waals surface area contributed by atoms with Crippen LogP contribution in [0.4, 0.5) is 0 Å². The molecule has 2 N–H and O–H groups in total. The average Bonchev–Trinajstić information content (AvgIpc) is 3.10. The van der Waals surface area contributed by atoms with Gasteiger partial charge >= 0.3 is 0 Å². The molecule has 1 aliphatic heterocycles. The SMILES string of the molecule is NCc1sc(C2CCOCC2)nc1C1CC1. The fourth-order valence-corrected chi connectivity index (χ4v) is 3.52. The largest absolute Gasteiger partial charge is 0.381 e. The molecule has 4 heteroatoms. The van der Waals surface area contributed by atoms with E-state index in [4.69, 9.17) is 15.5 Å². The van der Waals surface area contributed by atoms with E-state index in [2.05, 4.69) is 0 Å². The average molecular weight is 238 g/mol. The van der Waals surface area contributed by atoms with Crippen molar-refractivity contribution < 1.29 is 4.74 Å². The van der Waals surface area contributed by atoms with Crippen LogP contribution in [-0.2, 0) is 11.3 Å². The molecule has 0 spiro atoms. The smallest absolute Gasteiger partial charge is 0.0964 e. The molecule has 2 fully saturated rings. The number of hydrogen-bond donors (Lipinski definition) is 1. The van der Waals surface area contributed by atoms with Crippen LogP contribution in [0.2, 0.25) is 0 Å². The van der Waals surface area contributed by atoms with Gasteiger partial charge in [-0.2, -0.15) is 0 Å². The summed E-state index contributed by atoms with van der Waals surface area (Å²) in [5.74, 6) is 1.35. The zero-order chi connectivity index (χ0) is 11.0. The predicted molar refractivity (Wildman–Crippen MR) is 64.8 cm³/mol. The molecule has 1 aromatic rings. The van der Waals surface area contributed by atoms with Gasteiger partial charge in [-0.05, 0) is 25.7 Å². The molecule has 2 aliphatic rings. The van der Waals surface area contributed by atoms with Crippen LogP contribution in [0.5, 0.6) is 0 Å². The Balaban J connectivity index is 1.83. The van der Waals surface area contributed by atoms with E-state index in [9.17, 15) is 0 Å². The molecule has 0 radical (unpaired) electrons. The number of rotatable bonds is 3. The molecular weight excluding hydrogens is 220 g/mol. The van der Waals surface area contributed by atoms with Gasteiger partial charge in [0.2, 0.25) is 0 Å². The third-order valence-corrected chi connectivity index (χ3v) is 4.72. The number of aromatic nitrogens is 1. The molecule has 1 aromatic heterocycles. The molecule has 3 rings (SSSR count). The third kappa shape index (κ3) is 2.01. The van der Waals surface area contributed by atoms with Crippen molar-refractivity contribution in [3.8, 4) is 0 Å². The Hall–Kier alpha value is -0.450. The second kappa shape index (κ2) is 4.43. The summed E-state index contributed by atoms with van der Waals surface area (Å²) in [5, 5.41) is 1.31. The molecule has 0 aromatic carbocycles. The topological polar surface area (TPSA) is 48.1 Å². The lowest BCUT2D eigenvalue weighted by molar-refractivity contribution is 0.0852. The van der Waals surface area contributed by atoms with E-state index < -0.39 is 0 Å². The first kappa shape index (κ1) is 10.7. The molecule has 0 amide bonds. The van der Waals surface area contributed by atoms with Crippen LogP contribution in [0, 0.1) is 0 Å². The lowest BCUT2D eigenvalue weighted by Gasteiger charge is -2.19. The van der Waals surface area contributed by atoms with E-state index in [0.29, 0.717) is 12.5 Å². The summed E-state index contributed by atoms with van der Waals surface area (Å²) in [7, 11) is 0. The lowest BCUT2D eigenvalue weighted by Crippen LogP contribution is -2.13. The summed E-state index contributed by atoms with van der Waals surface area (Å²) in [4.78, 5) is 6.17. The minimum Gasteiger partial charge on any atom is -0.381 e. The lowest BCUT2D eigenvalue weighted by atomic mass is 10.0. The van der Waals surface area contributed by atoms with E-state index >= 15 is 0 Å².